The summed E-state index contributed by atoms with van der Waals surface area (Å²) in [6.07, 6.45) is 0. The second-order valence-corrected chi connectivity index (χ2v) is 4.57. The molecule has 1 atom stereocenters. The van der Waals surface area contributed by atoms with Gasteiger partial charge < -0.3 is 10.2 Å². The van der Waals surface area contributed by atoms with Gasteiger partial charge in [0, 0.05) is 6.54 Å². The van der Waals surface area contributed by atoms with Crippen LogP contribution in [0.4, 0.5) is 4.39 Å². The maximum absolute atomic E-state index is 13.0. The maximum Gasteiger partial charge on any atom is 0.242 e. The summed E-state index contributed by atoms with van der Waals surface area (Å²) in [5.74, 6) is -0.860. The van der Waals surface area contributed by atoms with Crippen LogP contribution in [0.1, 0.15) is 12.5 Å². The lowest BCUT2D eigenvalue weighted by atomic mass is 10.1. The summed E-state index contributed by atoms with van der Waals surface area (Å²) in [6, 6.07) is 3.73. The van der Waals surface area contributed by atoms with E-state index in [2.05, 4.69) is 5.32 Å². The molecule has 1 aliphatic rings. The van der Waals surface area contributed by atoms with E-state index in [1.807, 2.05) is 0 Å². The van der Waals surface area contributed by atoms with Crippen molar-refractivity contribution in [2.45, 2.75) is 19.5 Å². The first kappa shape index (κ1) is 12.8. The normalized spacial score (nSPS) is 19.9. The minimum absolute atomic E-state index is 0.00188. The van der Waals surface area contributed by atoms with Gasteiger partial charge in [-0.25, -0.2) is 4.39 Å². The second kappa shape index (κ2) is 4.94. The Labute approximate surface area is 109 Å². The van der Waals surface area contributed by atoms with Crippen LogP contribution in [0.3, 0.4) is 0 Å². The molecular weight excluding hydrogens is 259 g/mol. The summed E-state index contributed by atoms with van der Waals surface area (Å²) in [4.78, 5) is 24.6. The van der Waals surface area contributed by atoms with Crippen LogP contribution < -0.4 is 5.32 Å². The second-order valence-electron chi connectivity index (χ2n) is 4.16. The van der Waals surface area contributed by atoms with Gasteiger partial charge in [0.25, 0.3) is 0 Å². The van der Waals surface area contributed by atoms with E-state index in [1.165, 1.54) is 17.0 Å². The number of hydrogen-bond donors (Lipinski definition) is 1. The number of carbonyl (C=O) groups is 2. The van der Waals surface area contributed by atoms with Crippen molar-refractivity contribution in [2.75, 3.05) is 6.54 Å². The van der Waals surface area contributed by atoms with Crippen LogP contribution in [-0.4, -0.2) is 29.3 Å². The number of nitrogens with zero attached hydrogens (tertiary/aromatic N) is 1. The molecule has 96 valence electrons. The molecule has 1 saturated heterocycles. The largest absolute Gasteiger partial charge is 0.345 e. The first-order valence-electron chi connectivity index (χ1n) is 5.50. The lowest BCUT2D eigenvalue weighted by molar-refractivity contribution is -0.145. The molecule has 2 rings (SSSR count). The average molecular weight is 271 g/mol. The van der Waals surface area contributed by atoms with Gasteiger partial charge in [0.15, 0.2) is 0 Å². The molecule has 0 saturated carbocycles. The number of amides is 2. The maximum atomic E-state index is 13.0. The monoisotopic (exact) mass is 270 g/mol. The lowest BCUT2D eigenvalue weighted by Crippen LogP contribution is -2.56. The number of piperazine rings is 1. The quantitative estimate of drug-likeness (QED) is 0.881. The van der Waals surface area contributed by atoms with Crippen molar-refractivity contribution in [1.82, 2.24) is 10.2 Å². The predicted octanol–water partition coefficient (Wildman–Crippen LogP) is 1.33. The lowest BCUT2D eigenvalue weighted by Gasteiger charge is -2.32. The smallest absolute Gasteiger partial charge is 0.242 e. The molecule has 1 heterocycles. The third-order valence-electron chi connectivity index (χ3n) is 2.92. The van der Waals surface area contributed by atoms with Gasteiger partial charge in [-0.15, -0.1) is 0 Å². The fourth-order valence-corrected chi connectivity index (χ4v) is 2.03. The van der Waals surface area contributed by atoms with Crippen molar-refractivity contribution >= 4 is 23.4 Å². The molecule has 1 fully saturated rings. The van der Waals surface area contributed by atoms with Crippen molar-refractivity contribution in [3.05, 3.63) is 34.6 Å². The standard InChI is InChI=1S/C12H12ClFN2O2/c1-7-12(18)15-5-11(17)16(7)6-8-2-3-10(14)9(13)4-8/h2-4,7H,5-6H2,1H3,(H,15,18). The number of halogens is 2. The molecule has 1 unspecified atom stereocenters. The first-order chi connectivity index (χ1) is 8.49. The van der Waals surface area contributed by atoms with Gasteiger partial charge in [-0.3, -0.25) is 9.59 Å². The van der Waals surface area contributed by atoms with Crippen LogP contribution in [0.15, 0.2) is 18.2 Å². The van der Waals surface area contributed by atoms with Crippen molar-refractivity contribution in [1.29, 1.82) is 0 Å². The zero-order valence-electron chi connectivity index (χ0n) is 9.74. The third kappa shape index (κ3) is 2.46. The highest BCUT2D eigenvalue weighted by Gasteiger charge is 2.30. The molecule has 0 aliphatic carbocycles. The molecule has 1 aliphatic heterocycles. The van der Waals surface area contributed by atoms with Crippen LogP contribution in [0.5, 0.6) is 0 Å². The van der Waals surface area contributed by atoms with E-state index in [0.717, 1.165) is 0 Å². The minimum Gasteiger partial charge on any atom is -0.345 e. The Kier molecular flexibility index (Phi) is 3.52. The topological polar surface area (TPSA) is 49.4 Å². The Morgan fingerprint density at radius 1 is 1.50 bits per heavy atom. The summed E-state index contributed by atoms with van der Waals surface area (Å²) in [7, 11) is 0. The molecule has 1 N–H and O–H groups in total. The fraction of sp³-hybridized carbons (Fsp3) is 0.333. The number of benzene rings is 1. The van der Waals surface area contributed by atoms with E-state index in [-0.39, 0.29) is 29.9 Å². The van der Waals surface area contributed by atoms with Gasteiger partial charge in [0.05, 0.1) is 11.6 Å². The zero-order chi connectivity index (χ0) is 13.3. The Hall–Kier alpha value is -1.62. The van der Waals surface area contributed by atoms with Crippen molar-refractivity contribution < 1.29 is 14.0 Å². The minimum atomic E-state index is -0.532. The Balaban J connectivity index is 2.18. The Bertz CT molecular complexity index is 507. The predicted molar refractivity (Wildman–Crippen MR) is 64.4 cm³/mol. The van der Waals surface area contributed by atoms with Crippen LogP contribution in [-0.2, 0) is 16.1 Å². The van der Waals surface area contributed by atoms with Crippen LogP contribution in [0.2, 0.25) is 5.02 Å². The molecule has 0 aromatic heterocycles. The molecule has 4 nitrogen and oxygen atoms in total. The zero-order valence-corrected chi connectivity index (χ0v) is 10.5. The molecule has 6 heteroatoms. The summed E-state index contributed by atoms with van der Waals surface area (Å²) in [5, 5.41) is 2.51. The van der Waals surface area contributed by atoms with Gasteiger partial charge in [0.1, 0.15) is 11.9 Å². The van der Waals surface area contributed by atoms with E-state index in [9.17, 15) is 14.0 Å². The highest BCUT2D eigenvalue weighted by atomic mass is 35.5. The highest BCUT2D eigenvalue weighted by molar-refractivity contribution is 6.30. The van der Waals surface area contributed by atoms with Gasteiger partial charge >= 0.3 is 0 Å². The van der Waals surface area contributed by atoms with E-state index in [4.69, 9.17) is 11.6 Å². The molecule has 0 radical (unpaired) electrons. The number of carbonyl (C=O) groups excluding carboxylic acids is 2. The van der Waals surface area contributed by atoms with Crippen LogP contribution in [0.25, 0.3) is 0 Å². The van der Waals surface area contributed by atoms with Crippen LogP contribution >= 0.6 is 11.6 Å². The van der Waals surface area contributed by atoms with E-state index in [0.29, 0.717) is 5.56 Å². The SMILES string of the molecule is CC1C(=O)NCC(=O)N1Cc1ccc(F)c(Cl)c1. The highest BCUT2D eigenvalue weighted by Crippen LogP contribution is 2.18. The number of hydrogen-bond acceptors (Lipinski definition) is 2. The van der Waals surface area contributed by atoms with Gasteiger partial charge in [-0.1, -0.05) is 17.7 Å². The summed E-state index contributed by atoms with van der Waals surface area (Å²) in [6.45, 7) is 1.89. The van der Waals surface area contributed by atoms with Gasteiger partial charge in [-0.05, 0) is 24.6 Å². The summed E-state index contributed by atoms with van der Waals surface area (Å²) < 4.78 is 13.0. The third-order valence-corrected chi connectivity index (χ3v) is 3.21. The Morgan fingerprint density at radius 2 is 2.22 bits per heavy atom. The summed E-state index contributed by atoms with van der Waals surface area (Å²) in [5.41, 5.74) is 0.691. The van der Waals surface area contributed by atoms with Crippen molar-refractivity contribution in [2.24, 2.45) is 0 Å². The van der Waals surface area contributed by atoms with E-state index < -0.39 is 11.9 Å². The summed E-state index contributed by atoms with van der Waals surface area (Å²) >= 11 is 5.68. The molecule has 1 aromatic rings. The number of nitrogens with one attached hydrogen (secondary N) is 1. The molecule has 0 spiro atoms. The molecule has 18 heavy (non-hydrogen) atoms. The fourth-order valence-electron chi connectivity index (χ4n) is 1.83. The Morgan fingerprint density at radius 3 is 2.89 bits per heavy atom. The molecule has 2 amide bonds. The van der Waals surface area contributed by atoms with Crippen molar-refractivity contribution in [3.8, 4) is 0 Å². The van der Waals surface area contributed by atoms with Gasteiger partial charge in [0.2, 0.25) is 11.8 Å². The van der Waals surface area contributed by atoms with Crippen LogP contribution in [0, 0.1) is 5.82 Å². The number of rotatable bonds is 2. The van der Waals surface area contributed by atoms with Crippen molar-refractivity contribution in [3.63, 3.8) is 0 Å². The molecule has 1 aromatic carbocycles. The van der Waals surface area contributed by atoms with Gasteiger partial charge in [-0.2, -0.15) is 0 Å². The molecule has 0 bridgehead atoms. The molecular formula is C12H12ClFN2O2. The first-order valence-corrected chi connectivity index (χ1v) is 5.88. The van der Waals surface area contributed by atoms with E-state index >= 15 is 0 Å². The average Bonchev–Trinajstić information content (AvgIpc) is 2.34. The van der Waals surface area contributed by atoms with E-state index in [1.54, 1.807) is 13.0 Å².